The van der Waals surface area contributed by atoms with Gasteiger partial charge >= 0.3 is 0 Å². The van der Waals surface area contributed by atoms with Gasteiger partial charge in [0, 0.05) is 52.0 Å². The van der Waals surface area contributed by atoms with Gasteiger partial charge in [-0.15, -0.1) is 0 Å². The number of aromatic nitrogens is 2. The van der Waals surface area contributed by atoms with Crippen molar-refractivity contribution >= 4 is 22.7 Å². The van der Waals surface area contributed by atoms with Crippen LogP contribution in [0.2, 0.25) is 0 Å². The van der Waals surface area contributed by atoms with Gasteiger partial charge in [0.15, 0.2) is 24.5 Å². The third kappa shape index (κ3) is 11.7. The van der Waals surface area contributed by atoms with E-state index in [9.17, 15) is 0 Å². The summed E-state index contributed by atoms with van der Waals surface area (Å²) in [5.41, 5.74) is 9.61. The highest BCUT2D eigenvalue weighted by molar-refractivity contribution is 7.09. The van der Waals surface area contributed by atoms with E-state index >= 15 is 0 Å². The van der Waals surface area contributed by atoms with Crippen molar-refractivity contribution in [2.24, 2.45) is 0 Å². The summed E-state index contributed by atoms with van der Waals surface area (Å²) in [5, 5.41) is 0. The average molecular weight is 668 g/mol. The molecule has 0 aliphatic heterocycles. The van der Waals surface area contributed by atoms with E-state index in [0.717, 1.165) is 83.1 Å². The molecule has 43 heavy (non-hydrogen) atoms. The molecule has 4 rings (SSSR count). The Kier molecular flexibility index (Phi) is 17.2. The quantitative estimate of drug-likeness (QED) is 0.112. The van der Waals surface area contributed by atoms with Crippen LogP contribution in [0.3, 0.4) is 0 Å². The van der Waals surface area contributed by atoms with E-state index in [-0.39, 0.29) is 24.8 Å². The van der Waals surface area contributed by atoms with Crippen molar-refractivity contribution in [2.45, 2.75) is 59.0 Å². The molecule has 0 N–H and O–H groups in total. The number of hydrogen-bond acceptors (Lipinski definition) is 6. The molecule has 0 fully saturated rings. The van der Waals surface area contributed by atoms with E-state index < -0.39 is 0 Å². The van der Waals surface area contributed by atoms with Gasteiger partial charge < -0.3 is 43.8 Å². The van der Waals surface area contributed by atoms with Crippen molar-refractivity contribution < 1.29 is 52.9 Å². The number of rotatable bonds is 18. The van der Waals surface area contributed by atoms with E-state index in [1.165, 1.54) is 32.3 Å². The number of unbranched alkanes of at least 4 members (excludes halogenated alkanes) is 2. The smallest absolute Gasteiger partial charge is 0.225 e. The van der Waals surface area contributed by atoms with Crippen LogP contribution in [-0.2, 0) is 35.4 Å². The lowest BCUT2D eigenvalue weighted by Crippen LogP contribution is -3.00. The van der Waals surface area contributed by atoms with E-state index in [4.69, 9.17) is 18.9 Å². The van der Waals surface area contributed by atoms with Gasteiger partial charge in [-0.2, -0.15) is 9.13 Å². The predicted molar refractivity (Wildman–Crippen MR) is 166 cm³/mol. The molecule has 0 unspecified atom stereocenters. The minimum absolute atomic E-state index is 0. The van der Waals surface area contributed by atoms with Gasteiger partial charge in [-0.1, -0.05) is 22.7 Å². The van der Waals surface area contributed by atoms with E-state index in [1.807, 2.05) is 0 Å². The Bertz CT molecular complexity index is 1230. The molecule has 2 aromatic carbocycles. The molecule has 2 aromatic heterocycles. The first-order valence-corrected chi connectivity index (χ1v) is 16.2. The molecule has 0 saturated carbocycles. The first-order chi connectivity index (χ1) is 20.1. The fraction of sp³-hybridized carbons (Fsp3) is 0.455. The third-order valence-corrected chi connectivity index (χ3v) is 9.55. The van der Waals surface area contributed by atoms with Crippen molar-refractivity contribution in [3.05, 3.63) is 91.8 Å². The second kappa shape index (κ2) is 20.0. The van der Waals surface area contributed by atoms with Crippen molar-refractivity contribution in [1.82, 2.24) is 0 Å². The predicted octanol–water partition coefficient (Wildman–Crippen LogP) is 0.112. The van der Waals surface area contributed by atoms with Gasteiger partial charge in [0.25, 0.3) is 0 Å². The Balaban J connectivity index is 0.00000323. The highest BCUT2D eigenvalue weighted by Crippen LogP contribution is 2.17. The Morgan fingerprint density at radius 1 is 0.558 bits per heavy atom. The zero-order valence-corrected chi connectivity index (χ0v) is 28.8. The van der Waals surface area contributed by atoms with Crippen LogP contribution in [-0.4, -0.2) is 40.6 Å². The normalized spacial score (nSPS) is 10.7. The molecule has 6 nitrogen and oxygen atoms in total. The van der Waals surface area contributed by atoms with Crippen LogP contribution in [0.25, 0.3) is 0 Å². The topological polar surface area (TPSA) is 44.7 Å². The minimum Gasteiger partial charge on any atom is -1.00 e. The molecule has 0 aliphatic carbocycles. The van der Waals surface area contributed by atoms with Crippen LogP contribution in [0.5, 0.6) is 11.5 Å². The van der Waals surface area contributed by atoms with Gasteiger partial charge in [0.1, 0.15) is 11.5 Å². The maximum Gasteiger partial charge on any atom is 0.225 e. The van der Waals surface area contributed by atoms with Gasteiger partial charge in [-0.05, 0) is 67.8 Å². The highest BCUT2D eigenvalue weighted by atomic mass is 35.5. The fourth-order valence-electron chi connectivity index (χ4n) is 4.62. The molecule has 236 valence electrons. The van der Waals surface area contributed by atoms with E-state index in [1.54, 1.807) is 36.9 Å². The number of halogens is 2. The fourth-order valence-corrected chi connectivity index (χ4v) is 6.57. The summed E-state index contributed by atoms with van der Waals surface area (Å²) in [6, 6.07) is 17.0. The lowest BCUT2D eigenvalue weighted by molar-refractivity contribution is -0.689. The SMILES string of the molecule is COCCc1sc[n+](Cc2ccc(OCCCCCOc3ccc(C[n+]4csc(CCOC)c4C)cc3)cc2)c1C.[Cl-].[Cl-]. The zero-order valence-electron chi connectivity index (χ0n) is 25.7. The molecular weight excluding hydrogens is 623 g/mol. The minimum atomic E-state index is 0. The number of ether oxygens (including phenoxy) is 4. The van der Waals surface area contributed by atoms with Gasteiger partial charge in [0.05, 0.1) is 36.2 Å². The number of nitrogens with zero attached hydrogens (tertiary/aromatic N) is 2. The molecule has 0 amide bonds. The molecule has 0 atom stereocenters. The van der Waals surface area contributed by atoms with Gasteiger partial charge in [0.2, 0.25) is 11.0 Å². The second-order valence-corrected chi connectivity index (χ2v) is 12.1. The van der Waals surface area contributed by atoms with E-state index in [2.05, 4.69) is 82.5 Å². The molecule has 2 heterocycles. The number of methoxy groups -OCH3 is 2. The summed E-state index contributed by atoms with van der Waals surface area (Å²) in [6.45, 7) is 9.11. The maximum atomic E-state index is 5.97. The largest absolute Gasteiger partial charge is 1.00 e. The summed E-state index contributed by atoms with van der Waals surface area (Å²) in [7, 11) is 3.51. The summed E-state index contributed by atoms with van der Waals surface area (Å²) >= 11 is 3.61. The molecule has 0 saturated heterocycles. The van der Waals surface area contributed by atoms with Gasteiger partial charge in [-0.25, -0.2) is 0 Å². The van der Waals surface area contributed by atoms with Crippen LogP contribution in [0, 0.1) is 13.8 Å². The summed E-state index contributed by atoms with van der Waals surface area (Å²) in [6.07, 6.45) is 5.05. The second-order valence-electron chi connectivity index (χ2n) is 10.3. The van der Waals surface area contributed by atoms with Crippen molar-refractivity contribution in [1.29, 1.82) is 0 Å². The molecular formula is C33H44Cl2N2O4S2. The molecule has 0 aliphatic rings. The van der Waals surface area contributed by atoms with Crippen molar-refractivity contribution in [3.63, 3.8) is 0 Å². The van der Waals surface area contributed by atoms with Crippen LogP contribution in [0.1, 0.15) is 51.5 Å². The zero-order chi connectivity index (χ0) is 28.9. The van der Waals surface area contributed by atoms with Crippen LogP contribution >= 0.6 is 22.7 Å². The Hall–Kier alpha value is -2.20. The number of benzene rings is 2. The Morgan fingerprint density at radius 2 is 0.953 bits per heavy atom. The number of thiazole rings is 2. The average Bonchev–Trinajstić information content (AvgIpc) is 3.52. The third-order valence-electron chi connectivity index (χ3n) is 7.26. The Labute approximate surface area is 277 Å². The standard InChI is InChI=1S/C33H44N2O4S2.2ClH/c1-26-32(16-20-36-3)40-24-34(26)22-28-8-12-30(13-9-28)38-18-6-5-7-19-39-31-14-10-29(11-15-31)23-35-25-41-33(27(35)2)17-21-37-4;;/h8-15,24-25H,5-7,16-23H2,1-4H3;2*1H/q+2;;/p-2. The summed E-state index contributed by atoms with van der Waals surface area (Å²) in [5.74, 6) is 1.86. The van der Waals surface area contributed by atoms with Crippen LogP contribution in [0.4, 0.5) is 0 Å². The molecule has 4 aromatic rings. The first kappa shape index (κ1) is 37.0. The van der Waals surface area contributed by atoms with Crippen LogP contribution in [0.15, 0.2) is 59.6 Å². The molecule has 0 bridgehead atoms. The monoisotopic (exact) mass is 666 g/mol. The Morgan fingerprint density at radius 3 is 1.33 bits per heavy atom. The van der Waals surface area contributed by atoms with Crippen molar-refractivity contribution in [3.8, 4) is 11.5 Å². The van der Waals surface area contributed by atoms with Gasteiger partial charge in [-0.3, -0.25) is 0 Å². The number of hydrogen-bond donors (Lipinski definition) is 0. The lowest BCUT2D eigenvalue weighted by atomic mass is 10.2. The lowest BCUT2D eigenvalue weighted by Gasteiger charge is -2.08. The molecule has 0 spiro atoms. The highest BCUT2D eigenvalue weighted by Gasteiger charge is 2.16. The van der Waals surface area contributed by atoms with E-state index in [0.29, 0.717) is 0 Å². The molecule has 0 radical (unpaired) electrons. The van der Waals surface area contributed by atoms with Crippen LogP contribution < -0.4 is 43.4 Å². The first-order valence-electron chi connectivity index (χ1n) is 14.4. The summed E-state index contributed by atoms with van der Waals surface area (Å²) < 4.78 is 27.0. The summed E-state index contributed by atoms with van der Waals surface area (Å²) in [4.78, 5) is 2.78. The molecule has 10 heteroatoms. The maximum absolute atomic E-state index is 5.97. The van der Waals surface area contributed by atoms with Crippen molar-refractivity contribution in [2.75, 3.05) is 40.6 Å².